The van der Waals surface area contributed by atoms with Crippen molar-refractivity contribution >= 4 is 5.91 Å². The summed E-state index contributed by atoms with van der Waals surface area (Å²) in [6.07, 6.45) is 1.83. The molecule has 1 fully saturated rings. The first-order valence-electron chi connectivity index (χ1n) is 8.47. The van der Waals surface area contributed by atoms with Crippen molar-refractivity contribution in [1.29, 1.82) is 0 Å². The Morgan fingerprint density at radius 1 is 1.29 bits per heavy atom. The summed E-state index contributed by atoms with van der Waals surface area (Å²) >= 11 is 0. The largest absolute Gasteiger partial charge is 0.497 e. The summed E-state index contributed by atoms with van der Waals surface area (Å²) in [5.41, 5.74) is 0.652. The van der Waals surface area contributed by atoms with Gasteiger partial charge in [0.1, 0.15) is 11.5 Å². The van der Waals surface area contributed by atoms with E-state index in [0.29, 0.717) is 13.2 Å². The van der Waals surface area contributed by atoms with Crippen molar-refractivity contribution < 1.29 is 19.0 Å². The number of ether oxygens (including phenoxy) is 3. The molecule has 0 unspecified atom stereocenters. The van der Waals surface area contributed by atoms with Gasteiger partial charge in [-0.25, -0.2) is 0 Å². The maximum atomic E-state index is 13.1. The first-order chi connectivity index (χ1) is 11.4. The minimum Gasteiger partial charge on any atom is -0.497 e. The van der Waals surface area contributed by atoms with Gasteiger partial charge in [-0.3, -0.25) is 4.79 Å². The molecule has 24 heavy (non-hydrogen) atoms. The van der Waals surface area contributed by atoms with Gasteiger partial charge >= 0.3 is 0 Å². The molecule has 5 heteroatoms. The first kappa shape index (κ1) is 18.6. The van der Waals surface area contributed by atoms with Crippen LogP contribution in [0.5, 0.6) is 11.5 Å². The molecule has 0 bridgehead atoms. The lowest BCUT2D eigenvalue weighted by Gasteiger charge is -2.39. The van der Waals surface area contributed by atoms with E-state index < -0.39 is 0 Å². The number of carbonyl (C=O) groups excluding carboxylic acids is 1. The molecular formula is C19H29NO4. The molecule has 1 aromatic rings. The summed E-state index contributed by atoms with van der Waals surface area (Å²) in [6.45, 7) is 7.92. The molecule has 0 saturated carbocycles. The highest BCUT2D eigenvalue weighted by Crippen LogP contribution is 2.29. The van der Waals surface area contributed by atoms with Gasteiger partial charge in [0.2, 0.25) is 5.91 Å². The second kappa shape index (κ2) is 7.88. The van der Waals surface area contributed by atoms with Gasteiger partial charge in [-0.15, -0.1) is 0 Å². The van der Waals surface area contributed by atoms with Gasteiger partial charge in [-0.2, -0.15) is 0 Å². The molecule has 1 aromatic carbocycles. The fraction of sp³-hybridized carbons (Fsp3) is 0.632. The molecular weight excluding hydrogens is 306 g/mol. The van der Waals surface area contributed by atoms with Gasteiger partial charge in [-0.05, 0) is 51.8 Å². The molecule has 134 valence electrons. The lowest BCUT2D eigenvalue weighted by molar-refractivity contribution is -0.145. The van der Waals surface area contributed by atoms with Crippen LogP contribution in [-0.2, 0) is 16.1 Å². The number of rotatable bonds is 5. The second-order valence-corrected chi connectivity index (χ2v) is 7.19. The molecule has 0 aliphatic carbocycles. The summed E-state index contributed by atoms with van der Waals surface area (Å²) in [6, 6.07) is 5.67. The topological polar surface area (TPSA) is 48.0 Å². The average Bonchev–Trinajstić information content (AvgIpc) is 2.58. The Hall–Kier alpha value is -1.75. The number of nitrogens with zero attached hydrogens (tertiary/aromatic N) is 1. The number of amides is 1. The fourth-order valence-electron chi connectivity index (χ4n) is 2.98. The van der Waals surface area contributed by atoms with E-state index in [1.54, 1.807) is 14.2 Å². The average molecular weight is 335 g/mol. The van der Waals surface area contributed by atoms with Crippen LogP contribution in [0, 0.1) is 5.92 Å². The Balaban J connectivity index is 2.27. The number of carbonyl (C=O) groups is 1. The standard InChI is InChI=1S/C19H29NO4/c1-19(2,3)20(18(21)14-7-6-10-24-13-14)12-15-11-16(22-4)8-9-17(15)23-5/h8-9,11,14H,6-7,10,12-13H2,1-5H3/t14-/m0/s1. The molecule has 0 spiro atoms. The zero-order valence-corrected chi connectivity index (χ0v) is 15.4. The zero-order valence-electron chi connectivity index (χ0n) is 15.4. The fourth-order valence-corrected chi connectivity index (χ4v) is 2.98. The van der Waals surface area contributed by atoms with Crippen molar-refractivity contribution in [1.82, 2.24) is 4.90 Å². The van der Waals surface area contributed by atoms with Crippen LogP contribution in [0.15, 0.2) is 18.2 Å². The molecule has 5 nitrogen and oxygen atoms in total. The van der Waals surface area contributed by atoms with E-state index in [4.69, 9.17) is 14.2 Å². The van der Waals surface area contributed by atoms with E-state index in [0.717, 1.165) is 36.5 Å². The van der Waals surface area contributed by atoms with Crippen LogP contribution in [0.25, 0.3) is 0 Å². The predicted octanol–water partition coefficient (Wildman–Crippen LogP) is 3.26. The van der Waals surface area contributed by atoms with Crippen LogP contribution in [0.3, 0.4) is 0 Å². The minimum atomic E-state index is -0.289. The molecule has 0 radical (unpaired) electrons. The molecule has 1 heterocycles. The quantitative estimate of drug-likeness (QED) is 0.829. The lowest BCUT2D eigenvalue weighted by atomic mass is 9.96. The van der Waals surface area contributed by atoms with Crippen LogP contribution in [0.1, 0.15) is 39.2 Å². The van der Waals surface area contributed by atoms with Crippen molar-refractivity contribution in [3.8, 4) is 11.5 Å². The lowest BCUT2D eigenvalue weighted by Crippen LogP contribution is -2.49. The van der Waals surface area contributed by atoms with Gasteiger partial charge in [0, 0.05) is 24.3 Å². The highest BCUT2D eigenvalue weighted by molar-refractivity contribution is 5.80. The zero-order chi connectivity index (χ0) is 17.7. The summed E-state index contributed by atoms with van der Waals surface area (Å²) in [5.74, 6) is 1.60. The van der Waals surface area contributed by atoms with E-state index in [1.165, 1.54) is 0 Å². The van der Waals surface area contributed by atoms with Crippen LogP contribution in [0.2, 0.25) is 0 Å². The van der Waals surface area contributed by atoms with E-state index in [9.17, 15) is 4.79 Å². The molecule has 1 aliphatic heterocycles. The summed E-state index contributed by atoms with van der Waals surface area (Å²) in [7, 11) is 3.28. The van der Waals surface area contributed by atoms with Gasteiger partial charge in [0.05, 0.1) is 26.7 Å². The predicted molar refractivity (Wildman–Crippen MR) is 93.4 cm³/mol. The monoisotopic (exact) mass is 335 g/mol. The highest BCUT2D eigenvalue weighted by Gasteiger charge is 2.33. The van der Waals surface area contributed by atoms with Crippen molar-refractivity contribution in [2.45, 2.75) is 45.7 Å². The van der Waals surface area contributed by atoms with Crippen molar-refractivity contribution in [3.05, 3.63) is 23.8 Å². The van der Waals surface area contributed by atoms with Gasteiger partial charge in [0.15, 0.2) is 0 Å². The Bertz CT molecular complexity index is 559. The summed E-state index contributed by atoms with van der Waals surface area (Å²) in [4.78, 5) is 15.0. The van der Waals surface area contributed by atoms with E-state index in [-0.39, 0.29) is 17.4 Å². The Morgan fingerprint density at radius 2 is 2.04 bits per heavy atom. The number of methoxy groups -OCH3 is 2. The van der Waals surface area contributed by atoms with E-state index in [2.05, 4.69) is 20.8 Å². The summed E-state index contributed by atoms with van der Waals surface area (Å²) < 4.78 is 16.3. The molecule has 0 N–H and O–H groups in total. The van der Waals surface area contributed by atoms with Crippen molar-refractivity contribution in [2.24, 2.45) is 5.92 Å². The smallest absolute Gasteiger partial charge is 0.228 e. The number of hydrogen-bond donors (Lipinski definition) is 0. The number of benzene rings is 1. The van der Waals surface area contributed by atoms with Crippen molar-refractivity contribution in [3.63, 3.8) is 0 Å². The van der Waals surface area contributed by atoms with Gasteiger partial charge < -0.3 is 19.1 Å². The molecule has 1 saturated heterocycles. The minimum absolute atomic E-state index is 0.0606. The van der Waals surface area contributed by atoms with Crippen LogP contribution in [-0.4, -0.2) is 43.8 Å². The van der Waals surface area contributed by atoms with Gasteiger partial charge in [0.25, 0.3) is 0 Å². The molecule has 1 amide bonds. The third-order valence-electron chi connectivity index (χ3n) is 4.40. The third-order valence-corrected chi connectivity index (χ3v) is 4.40. The SMILES string of the molecule is COc1ccc(OC)c(CN(C(=O)[C@H]2CCCOC2)C(C)(C)C)c1. The Kier molecular flexibility index (Phi) is 6.10. The molecule has 0 aromatic heterocycles. The maximum Gasteiger partial charge on any atom is 0.228 e. The Labute approximate surface area is 144 Å². The molecule has 1 aliphatic rings. The van der Waals surface area contributed by atoms with E-state index >= 15 is 0 Å². The highest BCUT2D eigenvalue weighted by atomic mass is 16.5. The van der Waals surface area contributed by atoms with Crippen LogP contribution in [0.4, 0.5) is 0 Å². The molecule has 1 atom stereocenters. The maximum absolute atomic E-state index is 13.1. The van der Waals surface area contributed by atoms with Crippen molar-refractivity contribution in [2.75, 3.05) is 27.4 Å². The summed E-state index contributed by atoms with van der Waals surface area (Å²) in [5, 5.41) is 0. The normalized spacial score (nSPS) is 18.1. The number of hydrogen-bond acceptors (Lipinski definition) is 4. The first-order valence-corrected chi connectivity index (χ1v) is 8.47. The van der Waals surface area contributed by atoms with Gasteiger partial charge in [-0.1, -0.05) is 0 Å². The second-order valence-electron chi connectivity index (χ2n) is 7.19. The van der Waals surface area contributed by atoms with Crippen LogP contribution < -0.4 is 9.47 Å². The third kappa shape index (κ3) is 4.41. The molecule has 2 rings (SSSR count). The van der Waals surface area contributed by atoms with Crippen LogP contribution >= 0.6 is 0 Å². The van der Waals surface area contributed by atoms with E-state index in [1.807, 2.05) is 23.1 Å². The Morgan fingerprint density at radius 3 is 2.58 bits per heavy atom.